The van der Waals surface area contributed by atoms with Crippen LogP contribution in [0.15, 0.2) is 10.3 Å². The van der Waals surface area contributed by atoms with Crippen LogP contribution in [0.2, 0.25) is 4.34 Å². The normalized spacial score (nSPS) is 17.0. The van der Waals surface area contributed by atoms with Crippen LogP contribution < -0.4 is 4.72 Å². The average molecular weight is 379 g/mol. The molecule has 1 aromatic rings. The Balaban J connectivity index is 1.92. The highest BCUT2D eigenvalue weighted by atomic mass is 35.5. The van der Waals surface area contributed by atoms with E-state index in [9.17, 15) is 13.2 Å². The predicted molar refractivity (Wildman–Crippen MR) is 93.4 cm³/mol. The summed E-state index contributed by atoms with van der Waals surface area (Å²) in [6.07, 6.45) is 1.83. The molecule has 1 aliphatic heterocycles. The Hall–Kier alpha value is -0.630. The molecule has 0 unspecified atom stereocenters. The third-order valence-corrected chi connectivity index (χ3v) is 7.40. The molecule has 1 N–H and O–H groups in total. The van der Waals surface area contributed by atoms with E-state index in [-0.39, 0.29) is 16.2 Å². The molecular formula is C15H23ClN2O3S2. The first-order chi connectivity index (χ1) is 10.7. The predicted octanol–water partition coefficient (Wildman–Crippen LogP) is 3.03. The number of hydrogen-bond acceptors (Lipinski definition) is 4. The Bertz CT molecular complexity index is 643. The van der Waals surface area contributed by atoms with E-state index in [1.54, 1.807) is 13.0 Å². The fraction of sp³-hybridized carbons (Fsp3) is 0.667. The minimum Gasteiger partial charge on any atom is -0.343 e. The highest BCUT2D eigenvalue weighted by molar-refractivity contribution is 7.91. The van der Waals surface area contributed by atoms with Crippen molar-refractivity contribution in [3.63, 3.8) is 0 Å². The van der Waals surface area contributed by atoms with E-state index in [1.165, 1.54) is 0 Å². The summed E-state index contributed by atoms with van der Waals surface area (Å²) in [6.45, 7) is 7.03. The van der Waals surface area contributed by atoms with Crippen LogP contribution in [0.3, 0.4) is 0 Å². The Morgan fingerprint density at radius 3 is 2.52 bits per heavy atom. The first kappa shape index (κ1) is 18.7. The summed E-state index contributed by atoms with van der Waals surface area (Å²) in [4.78, 5) is 13.9. The number of rotatable bonds is 5. The number of thiophene rings is 1. The van der Waals surface area contributed by atoms with Crippen molar-refractivity contribution in [3.8, 4) is 0 Å². The zero-order chi connectivity index (χ0) is 17.2. The molecule has 5 nitrogen and oxygen atoms in total. The summed E-state index contributed by atoms with van der Waals surface area (Å²) in [5.41, 5.74) is 0.770. The van der Waals surface area contributed by atoms with Crippen LogP contribution in [-0.2, 0) is 14.8 Å². The minimum absolute atomic E-state index is 0.135. The van der Waals surface area contributed by atoms with Gasteiger partial charge in [-0.05, 0) is 37.3 Å². The molecule has 0 spiro atoms. The Morgan fingerprint density at radius 1 is 1.43 bits per heavy atom. The fourth-order valence-electron chi connectivity index (χ4n) is 2.57. The van der Waals surface area contributed by atoms with Crippen molar-refractivity contribution in [1.82, 2.24) is 9.62 Å². The van der Waals surface area contributed by atoms with Crippen LogP contribution in [0, 0.1) is 12.8 Å². The second-order valence-electron chi connectivity index (χ2n) is 6.40. The van der Waals surface area contributed by atoms with Crippen LogP contribution >= 0.6 is 22.9 Å². The van der Waals surface area contributed by atoms with Gasteiger partial charge in [-0.1, -0.05) is 25.4 Å². The quantitative estimate of drug-likeness (QED) is 0.856. The van der Waals surface area contributed by atoms with E-state index in [0.717, 1.165) is 16.9 Å². The maximum Gasteiger partial charge on any atom is 0.250 e. The molecule has 1 fully saturated rings. The smallest absolute Gasteiger partial charge is 0.250 e. The molecule has 0 bridgehead atoms. The van der Waals surface area contributed by atoms with Gasteiger partial charge < -0.3 is 4.90 Å². The van der Waals surface area contributed by atoms with E-state index in [2.05, 4.69) is 4.72 Å². The van der Waals surface area contributed by atoms with Crippen LogP contribution in [0.5, 0.6) is 0 Å². The van der Waals surface area contributed by atoms with E-state index in [4.69, 9.17) is 11.6 Å². The summed E-state index contributed by atoms with van der Waals surface area (Å²) in [6, 6.07) is 1.46. The van der Waals surface area contributed by atoms with Crippen molar-refractivity contribution in [3.05, 3.63) is 16.0 Å². The number of nitrogens with one attached hydrogen (secondary N) is 1. The highest BCUT2D eigenvalue weighted by Gasteiger charge is 2.27. The number of piperidine rings is 1. The molecule has 1 aromatic heterocycles. The number of sulfonamides is 1. The van der Waals surface area contributed by atoms with Crippen molar-refractivity contribution >= 4 is 38.9 Å². The number of likely N-dealkylation sites (tertiary alicyclic amines) is 1. The fourth-order valence-corrected chi connectivity index (χ4v) is 5.60. The van der Waals surface area contributed by atoms with Gasteiger partial charge in [-0.25, -0.2) is 13.1 Å². The van der Waals surface area contributed by atoms with E-state index >= 15 is 0 Å². The molecule has 130 valence electrons. The van der Waals surface area contributed by atoms with Gasteiger partial charge in [0.25, 0.3) is 0 Å². The maximum atomic E-state index is 12.4. The van der Waals surface area contributed by atoms with Crippen molar-refractivity contribution < 1.29 is 13.2 Å². The van der Waals surface area contributed by atoms with Crippen LogP contribution in [0.4, 0.5) is 0 Å². The van der Waals surface area contributed by atoms with Gasteiger partial charge >= 0.3 is 0 Å². The maximum absolute atomic E-state index is 12.4. The van der Waals surface area contributed by atoms with Crippen molar-refractivity contribution in [1.29, 1.82) is 0 Å². The highest BCUT2D eigenvalue weighted by Crippen LogP contribution is 2.30. The first-order valence-electron chi connectivity index (χ1n) is 7.75. The SMILES string of the molecule is Cc1cc(S(=O)(=O)NC2CCN(C(=O)CC(C)C)CC2)sc1Cl. The third-order valence-electron chi connectivity index (χ3n) is 3.85. The zero-order valence-electron chi connectivity index (χ0n) is 13.6. The van der Waals surface area contributed by atoms with Gasteiger partial charge in [0.2, 0.25) is 15.9 Å². The molecule has 1 amide bonds. The van der Waals surface area contributed by atoms with Crippen LogP contribution in [-0.4, -0.2) is 38.4 Å². The zero-order valence-corrected chi connectivity index (χ0v) is 16.0. The molecule has 2 heterocycles. The Labute approximate surface area is 147 Å². The van der Waals surface area contributed by atoms with Gasteiger partial charge in [-0.3, -0.25) is 4.79 Å². The molecule has 0 aliphatic carbocycles. The van der Waals surface area contributed by atoms with Gasteiger partial charge in [-0.2, -0.15) is 0 Å². The number of amides is 1. The molecule has 23 heavy (non-hydrogen) atoms. The van der Waals surface area contributed by atoms with E-state index in [1.807, 2.05) is 18.7 Å². The van der Waals surface area contributed by atoms with Gasteiger partial charge in [0, 0.05) is 25.6 Å². The van der Waals surface area contributed by atoms with Gasteiger partial charge in [-0.15, -0.1) is 11.3 Å². The van der Waals surface area contributed by atoms with Crippen molar-refractivity contribution in [2.24, 2.45) is 5.92 Å². The lowest BCUT2D eigenvalue weighted by Gasteiger charge is -2.32. The van der Waals surface area contributed by atoms with Gasteiger partial charge in [0.1, 0.15) is 4.21 Å². The lowest BCUT2D eigenvalue weighted by molar-refractivity contribution is -0.133. The van der Waals surface area contributed by atoms with Crippen LogP contribution in [0.1, 0.15) is 38.7 Å². The molecule has 0 aromatic carbocycles. The Kier molecular flexibility index (Phi) is 6.10. The molecule has 8 heteroatoms. The third kappa shape index (κ3) is 4.92. The summed E-state index contributed by atoms with van der Waals surface area (Å²) < 4.78 is 28.3. The lowest BCUT2D eigenvalue weighted by atomic mass is 10.0. The number of halogens is 1. The van der Waals surface area contributed by atoms with Crippen molar-refractivity contribution in [2.75, 3.05) is 13.1 Å². The van der Waals surface area contributed by atoms with Gasteiger partial charge in [0.05, 0.1) is 4.34 Å². The average Bonchev–Trinajstić information content (AvgIpc) is 2.79. The summed E-state index contributed by atoms with van der Waals surface area (Å²) in [7, 11) is -3.54. The van der Waals surface area contributed by atoms with Crippen LogP contribution in [0.25, 0.3) is 0 Å². The van der Waals surface area contributed by atoms with Gasteiger partial charge in [0.15, 0.2) is 0 Å². The molecular weight excluding hydrogens is 356 g/mol. The second kappa shape index (κ2) is 7.51. The molecule has 0 atom stereocenters. The number of aryl methyl sites for hydroxylation is 1. The number of carbonyl (C=O) groups excluding carboxylic acids is 1. The number of nitrogens with zero attached hydrogens (tertiary/aromatic N) is 1. The minimum atomic E-state index is -3.54. The lowest BCUT2D eigenvalue weighted by Crippen LogP contribution is -2.46. The molecule has 2 rings (SSSR count). The molecule has 0 radical (unpaired) electrons. The number of carbonyl (C=O) groups is 1. The largest absolute Gasteiger partial charge is 0.343 e. The molecule has 0 saturated carbocycles. The standard InChI is InChI=1S/C15H23ClN2O3S2/c1-10(2)8-13(19)18-6-4-12(5-7-18)17-23(20,21)14-9-11(3)15(16)22-14/h9-10,12,17H,4-8H2,1-3H3. The first-order valence-corrected chi connectivity index (χ1v) is 10.4. The van der Waals surface area contributed by atoms with Crippen molar-refractivity contribution in [2.45, 2.75) is 50.3 Å². The monoisotopic (exact) mass is 378 g/mol. The number of hydrogen-bond donors (Lipinski definition) is 1. The van der Waals surface area contributed by atoms with E-state index < -0.39 is 10.0 Å². The molecule has 1 aliphatic rings. The molecule has 1 saturated heterocycles. The summed E-state index contributed by atoms with van der Waals surface area (Å²) in [5.74, 6) is 0.493. The summed E-state index contributed by atoms with van der Waals surface area (Å²) >= 11 is 7.03. The topological polar surface area (TPSA) is 66.5 Å². The summed E-state index contributed by atoms with van der Waals surface area (Å²) in [5, 5.41) is 0. The Morgan fingerprint density at radius 2 is 2.04 bits per heavy atom. The second-order valence-corrected chi connectivity index (χ2v) is 9.99. The van der Waals surface area contributed by atoms with E-state index in [0.29, 0.717) is 42.6 Å².